The van der Waals surface area contributed by atoms with E-state index < -0.39 is 0 Å². The van der Waals surface area contributed by atoms with E-state index >= 15 is 0 Å². The first-order valence-corrected chi connectivity index (χ1v) is 7.63. The van der Waals surface area contributed by atoms with Crippen LogP contribution in [0.2, 0.25) is 0 Å². The topological polar surface area (TPSA) is 32.7 Å². The van der Waals surface area contributed by atoms with E-state index in [-0.39, 0.29) is 6.10 Å². The maximum atomic E-state index is 10.2. The van der Waals surface area contributed by atoms with E-state index in [1.54, 1.807) is 0 Å². The predicted octanol–water partition coefficient (Wildman–Crippen LogP) is 2.28. The summed E-state index contributed by atoms with van der Waals surface area (Å²) in [6.07, 6.45) is 4.93. The molecule has 0 aromatic rings. The first-order valence-electron chi connectivity index (χ1n) is 7.63. The second-order valence-corrected chi connectivity index (χ2v) is 6.36. The van der Waals surface area contributed by atoms with E-state index in [9.17, 15) is 5.11 Å². The minimum atomic E-state index is -0.0850. The van der Waals surface area contributed by atoms with Gasteiger partial charge in [0, 0.05) is 19.1 Å². The molecule has 2 aliphatic rings. The van der Waals surface area contributed by atoms with Crippen LogP contribution in [-0.2, 0) is 4.74 Å². The highest BCUT2D eigenvalue weighted by Crippen LogP contribution is 2.32. The Balaban J connectivity index is 1.89. The van der Waals surface area contributed by atoms with Crippen LogP contribution in [0.3, 0.4) is 0 Å². The number of aliphatic hydroxyl groups excluding tert-OH is 1. The fraction of sp³-hybridized carbons (Fsp3) is 1.00. The molecule has 0 aromatic carbocycles. The first-order chi connectivity index (χ1) is 8.60. The Kier molecular flexibility index (Phi) is 5.05. The number of nitrogens with zero attached hydrogens (tertiary/aromatic N) is 1. The van der Waals surface area contributed by atoms with Crippen LogP contribution in [0.4, 0.5) is 0 Å². The van der Waals surface area contributed by atoms with Crippen molar-refractivity contribution in [1.82, 2.24) is 4.90 Å². The highest BCUT2D eigenvalue weighted by atomic mass is 16.5. The Hall–Kier alpha value is -0.120. The SMILES string of the molecule is CCC1CCC(O)C(CN2CC(C)OCC2C)C1. The van der Waals surface area contributed by atoms with Gasteiger partial charge in [-0.05, 0) is 44.9 Å². The van der Waals surface area contributed by atoms with Crippen molar-refractivity contribution >= 4 is 0 Å². The average molecular weight is 255 g/mol. The smallest absolute Gasteiger partial charge is 0.0674 e. The lowest BCUT2D eigenvalue weighted by atomic mass is 9.78. The van der Waals surface area contributed by atoms with Crippen LogP contribution in [0.5, 0.6) is 0 Å². The van der Waals surface area contributed by atoms with Gasteiger partial charge >= 0.3 is 0 Å². The van der Waals surface area contributed by atoms with Crippen LogP contribution >= 0.6 is 0 Å². The Morgan fingerprint density at radius 3 is 2.78 bits per heavy atom. The maximum absolute atomic E-state index is 10.2. The highest BCUT2D eigenvalue weighted by Gasteiger charge is 2.32. The molecule has 5 atom stereocenters. The number of morpholine rings is 1. The third-order valence-electron chi connectivity index (χ3n) is 4.83. The summed E-state index contributed by atoms with van der Waals surface area (Å²) in [5.41, 5.74) is 0. The van der Waals surface area contributed by atoms with Gasteiger partial charge in [-0.15, -0.1) is 0 Å². The number of ether oxygens (including phenoxy) is 1. The molecule has 18 heavy (non-hydrogen) atoms. The minimum Gasteiger partial charge on any atom is -0.393 e. The maximum Gasteiger partial charge on any atom is 0.0674 e. The molecule has 1 N–H and O–H groups in total. The Bertz CT molecular complexity index is 259. The van der Waals surface area contributed by atoms with Crippen LogP contribution in [0.1, 0.15) is 46.5 Å². The molecular formula is C15H29NO2. The quantitative estimate of drug-likeness (QED) is 0.840. The minimum absolute atomic E-state index is 0.0850. The van der Waals surface area contributed by atoms with Gasteiger partial charge in [-0.25, -0.2) is 0 Å². The summed E-state index contributed by atoms with van der Waals surface area (Å²) in [6.45, 7) is 9.55. The van der Waals surface area contributed by atoms with E-state index in [0.29, 0.717) is 18.1 Å². The number of aliphatic hydroxyl groups is 1. The second kappa shape index (κ2) is 6.36. The van der Waals surface area contributed by atoms with Crippen LogP contribution in [0.25, 0.3) is 0 Å². The van der Waals surface area contributed by atoms with Crippen LogP contribution < -0.4 is 0 Å². The molecule has 3 heteroatoms. The molecule has 1 heterocycles. The summed E-state index contributed by atoms with van der Waals surface area (Å²) in [7, 11) is 0. The predicted molar refractivity (Wildman–Crippen MR) is 73.6 cm³/mol. The molecule has 2 rings (SSSR count). The van der Waals surface area contributed by atoms with E-state index in [2.05, 4.69) is 25.7 Å². The van der Waals surface area contributed by atoms with Crippen molar-refractivity contribution in [3.8, 4) is 0 Å². The van der Waals surface area contributed by atoms with Gasteiger partial charge in [-0.3, -0.25) is 4.90 Å². The molecule has 0 spiro atoms. The zero-order chi connectivity index (χ0) is 13.1. The van der Waals surface area contributed by atoms with Crippen LogP contribution in [-0.4, -0.2) is 48.0 Å². The molecule has 1 aliphatic carbocycles. The van der Waals surface area contributed by atoms with Gasteiger partial charge in [-0.1, -0.05) is 13.3 Å². The second-order valence-electron chi connectivity index (χ2n) is 6.36. The van der Waals surface area contributed by atoms with Crippen LogP contribution in [0.15, 0.2) is 0 Å². The monoisotopic (exact) mass is 255 g/mol. The number of hydrogen-bond donors (Lipinski definition) is 1. The molecule has 2 fully saturated rings. The van der Waals surface area contributed by atoms with E-state index in [1.807, 2.05) is 0 Å². The summed E-state index contributed by atoms with van der Waals surface area (Å²) >= 11 is 0. The van der Waals surface area contributed by atoms with Gasteiger partial charge < -0.3 is 9.84 Å². The van der Waals surface area contributed by atoms with Crippen LogP contribution in [0, 0.1) is 11.8 Å². The van der Waals surface area contributed by atoms with Crippen molar-refractivity contribution < 1.29 is 9.84 Å². The Morgan fingerprint density at radius 1 is 1.28 bits per heavy atom. The third-order valence-corrected chi connectivity index (χ3v) is 4.83. The normalized spacial score (nSPS) is 43.0. The molecule has 0 bridgehead atoms. The van der Waals surface area contributed by atoms with E-state index in [1.165, 1.54) is 19.3 Å². The van der Waals surface area contributed by atoms with Crippen molar-refractivity contribution in [2.24, 2.45) is 11.8 Å². The molecule has 0 aromatic heterocycles. The molecule has 0 radical (unpaired) electrons. The summed E-state index contributed by atoms with van der Waals surface area (Å²) in [5, 5.41) is 10.2. The fourth-order valence-corrected chi connectivity index (χ4v) is 3.44. The lowest BCUT2D eigenvalue weighted by Crippen LogP contribution is -2.51. The molecule has 0 amide bonds. The largest absolute Gasteiger partial charge is 0.393 e. The summed E-state index contributed by atoms with van der Waals surface area (Å²) in [6, 6.07) is 0.496. The van der Waals surface area contributed by atoms with Crippen molar-refractivity contribution in [2.45, 2.75) is 64.7 Å². The van der Waals surface area contributed by atoms with E-state index in [4.69, 9.17) is 4.74 Å². The highest BCUT2D eigenvalue weighted by molar-refractivity contribution is 4.84. The number of rotatable bonds is 3. The molecule has 1 aliphatic heterocycles. The molecule has 3 nitrogen and oxygen atoms in total. The lowest BCUT2D eigenvalue weighted by molar-refractivity contribution is -0.0677. The standard InChI is InChI=1S/C15H29NO2/c1-4-13-5-6-15(17)14(7-13)9-16-8-12(3)18-10-11(16)2/h11-15,17H,4-10H2,1-3H3. The van der Waals surface area contributed by atoms with Crippen molar-refractivity contribution in [3.05, 3.63) is 0 Å². The Labute approximate surface area is 112 Å². The van der Waals surface area contributed by atoms with Gasteiger partial charge in [0.25, 0.3) is 0 Å². The Morgan fingerprint density at radius 2 is 2.06 bits per heavy atom. The zero-order valence-electron chi connectivity index (χ0n) is 12.1. The fourth-order valence-electron chi connectivity index (χ4n) is 3.44. The van der Waals surface area contributed by atoms with Gasteiger partial charge in [0.1, 0.15) is 0 Å². The van der Waals surface area contributed by atoms with Gasteiger partial charge in [0.05, 0.1) is 18.8 Å². The zero-order valence-corrected chi connectivity index (χ0v) is 12.1. The first kappa shape index (κ1) is 14.3. The molecule has 5 unspecified atom stereocenters. The van der Waals surface area contributed by atoms with Crippen molar-refractivity contribution in [3.63, 3.8) is 0 Å². The average Bonchev–Trinajstić information content (AvgIpc) is 2.36. The number of hydrogen-bond acceptors (Lipinski definition) is 3. The van der Waals surface area contributed by atoms with Crippen molar-refractivity contribution in [2.75, 3.05) is 19.7 Å². The molecule has 1 saturated carbocycles. The molecule has 106 valence electrons. The summed E-state index contributed by atoms with van der Waals surface area (Å²) in [4.78, 5) is 2.51. The van der Waals surface area contributed by atoms with Gasteiger partial charge in [0.2, 0.25) is 0 Å². The molecular weight excluding hydrogens is 226 g/mol. The van der Waals surface area contributed by atoms with Crippen molar-refractivity contribution in [1.29, 1.82) is 0 Å². The van der Waals surface area contributed by atoms with Gasteiger partial charge in [-0.2, -0.15) is 0 Å². The third kappa shape index (κ3) is 3.46. The summed E-state index contributed by atoms with van der Waals surface area (Å²) in [5.74, 6) is 1.30. The molecule has 1 saturated heterocycles. The lowest BCUT2D eigenvalue weighted by Gasteiger charge is -2.42. The van der Waals surface area contributed by atoms with Gasteiger partial charge in [0.15, 0.2) is 0 Å². The summed E-state index contributed by atoms with van der Waals surface area (Å²) < 4.78 is 5.67. The van der Waals surface area contributed by atoms with E-state index in [0.717, 1.165) is 32.0 Å².